The summed E-state index contributed by atoms with van der Waals surface area (Å²) >= 11 is 0. The van der Waals surface area contributed by atoms with Crippen molar-refractivity contribution in [2.24, 2.45) is 5.92 Å². The van der Waals surface area contributed by atoms with Crippen LogP contribution < -0.4 is 5.32 Å². The second-order valence-corrected chi connectivity index (χ2v) is 5.41. The van der Waals surface area contributed by atoms with E-state index in [1.54, 1.807) is 0 Å². The zero-order valence-corrected chi connectivity index (χ0v) is 11.2. The number of carbonyl (C=O) groups is 1. The van der Waals surface area contributed by atoms with Gasteiger partial charge in [-0.3, -0.25) is 4.79 Å². The van der Waals surface area contributed by atoms with E-state index in [0.717, 1.165) is 39.2 Å². The van der Waals surface area contributed by atoms with Gasteiger partial charge in [-0.05, 0) is 31.6 Å². The van der Waals surface area contributed by atoms with Crippen LogP contribution in [0.3, 0.4) is 0 Å². The molecule has 1 N–H and O–H groups in total. The average molecular weight is 255 g/mol. The minimum absolute atomic E-state index is 0.159. The highest BCUT2D eigenvalue weighted by atomic mass is 16.5. The molecule has 4 heteroatoms. The predicted molar refractivity (Wildman–Crippen MR) is 69.4 cm³/mol. The second-order valence-electron chi connectivity index (χ2n) is 5.41. The summed E-state index contributed by atoms with van der Waals surface area (Å²) in [6.45, 7) is 3.07. The van der Waals surface area contributed by atoms with E-state index < -0.39 is 0 Å². The smallest absolute Gasteiger partial charge is 0.220 e. The molecular weight excluding hydrogens is 230 g/mol. The van der Waals surface area contributed by atoms with Crippen molar-refractivity contribution >= 4 is 5.91 Å². The van der Waals surface area contributed by atoms with Gasteiger partial charge in [-0.1, -0.05) is 12.8 Å². The number of nitrogens with one attached hydrogen (secondary N) is 1. The molecule has 1 atom stereocenters. The molecule has 1 saturated carbocycles. The third kappa shape index (κ3) is 4.94. The monoisotopic (exact) mass is 255 g/mol. The van der Waals surface area contributed by atoms with Crippen LogP contribution in [0.5, 0.6) is 0 Å². The first-order valence-corrected chi connectivity index (χ1v) is 7.30. The predicted octanol–water partition coefficient (Wildman–Crippen LogP) is 1.88. The quantitative estimate of drug-likeness (QED) is 0.707. The Balaban J connectivity index is 1.43. The molecule has 0 aromatic rings. The van der Waals surface area contributed by atoms with Crippen LogP contribution in [0.15, 0.2) is 0 Å². The zero-order valence-electron chi connectivity index (χ0n) is 11.2. The summed E-state index contributed by atoms with van der Waals surface area (Å²) in [6, 6.07) is 0. The van der Waals surface area contributed by atoms with Crippen molar-refractivity contribution in [2.75, 3.05) is 26.4 Å². The molecule has 104 valence electrons. The van der Waals surface area contributed by atoms with Gasteiger partial charge in [0.25, 0.3) is 0 Å². The Hall–Kier alpha value is -0.610. The van der Waals surface area contributed by atoms with Gasteiger partial charge in [0.05, 0.1) is 6.10 Å². The molecule has 0 spiro atoms. The Morgan fingerprint density at radius 1 is 1.28 bits per heavy atom. The fourth-order valence-corrected chi connectivity index (χ4v) is 2.68. The fourth-order valence-electron chi connectivity index (χ4n) is 2.68. The average Bonchev–Trinajstić information content (AvgIpc) is 3.01. The van der Waals surface area contributed by atoms with Gasteiger partial charge in [-0.25, -0.2) is 0 Å². The van der Waals surface area contributed by atoms with E-state index in [2.05, 4.69) is 5.32 Å². The molecule has 18 heavy (non-hydrogen) atoms. The molecule has 0 bridgehead atoms. The van der Waals surface area contributed by atoms with Crippen LogP contribution >= 0.6 is 0 Å². The van der Waals surface area contributed by atoms with Crippen molar-refractivity contribution in [3.05, 3.63) is 0 Å². The number of hydrogen-bond acceptors (Lipinski definition) is 3. The van der Waals surface area contributed by atoms with Crippen molar-refractivity contribution in [3.63, 3.8) is 0 Å². The first-order valence-electron chi connectivity index (χ1n) is 7.30. The van der Waals surface area contributed by atoms with Crippen LogP contribution in [0.4, 0.5) is 0 Å². The van der Waals surface area contributed by atoms with Crippen LogP contribution in [-0.4, -0.2) is 38.4 Å². The summed E-state index contributed by atoms with van der Waals surface area (Å²) in [5, 5.41) is 2.96. The van der Waals surface area contributed by atoms with Crippen molar-refractivity contribution < 1.29 is 14.3 Å². The van der Waals surface area contributed by atoms with Gasteiger partial charge in [0, 0.05) is 32.8 Å². The minimum Gasteiger partial charge on any atom is -0.381 e. The van der Waals surface area contributed by atoms with Gasteiger partial charge in [0.15, 0.2) is 0 Å². The van der Waals surface area contributed by atoms with Crippen LogP contribution in [0.25, 0.3) is 0 Å². The SMILES string of the molecule is O=C(CC1CCOC1)NCCCOC1CCCC1. The maximum atomic E-state index is 11.6. The molecule has 2 fully saturated rings. The van der Waals surface area contributed by atoms with Crippen LogP contribution in [0, 0.1) is 5.92 Å². The lowest BCUT2D eigenvalue weighted by Crippen LogP contribution is -2.27. The van der Waals surface area contributed by atoms with E-state index in [4.69, 9.17) is 9.47 Å². The van der Waals surface area contributed by atoms with E-state index in [1.807, 2.05) is 0 Å². The lowest BCUT2D eigenvalue weighted by atomic mass is 10.1. The molecule has 0 aromatic heterocycles. The van der Waals surface area contributed by atoms with Gasteiger partial charge in [0.1, 0.15) is 0 Å². The number of rotatable bonds is 7. The third-order valence-corrected chi connectivity index (χ3v) is 3.80. The van der Waals surface area contributed by atoms with Gasteiger partial charge in [-0.2, -0.15) is 0 Å². The van der Waals surface area contributed by atoms with E-state index in [-0.39, 0.29) is 5.91 Å². The Bertz CT molecular complexity index is 245. The van der Waals surface area contributed by atoms with Crippen molar-refractivity contribution in [3.8, 4) is 0 Å². The molecular formula is C14H25NO3. The maximum Gasteiger partial charge on any atom is 0.220 e. The second kappa shape index (κ2) is 7.74. The molecule has 0 aromatic carbocycles. The summed E-state index contributed by atoms with van der Waals surface area (Å²) in [6.07, 6.45) is 8.10. The standard InChI is InChI=1S/C14H25NO3/c16-14(10-12-6-9-17-11-12)15-7-3-8-18-13-4-1-2-5-13/h12-13H,1-11H2,(H,15,16). The van der Waals surface area contributed by atoms with Crippen LogP contribution in [-0.2, 0) is 14.3 Å². The molecule has 1 aliphatic carbocycles. The number of ether oxygens (including phenoxy) is 2. The zero-order chi connectivity index (χ0) is 12.6. The number of hydrogen-bond donors (Lipinski definition) is 1. The van der Waals surface area contributed by atoms with Crippen molar-refractivity contribution in [2.45, 2.75) is 51.0 Å². The molecule has 1 unspecified atom stereocenters. The molecule has 4 nitrogen and oxygen atoms in total. The molecule has 1 aliphatic heterocycles. The fraction of sp³-hybridized carbons (Fsp3) is 0.929. The van der Waals surface area contributed by atoms with Crippen LogP contribution in [0.2, 0.25) is 0 Å². The highest BCUT2D eigenvalue weighted by Crippen LogP contribution is 2.20. The Labute approximate surface area is 109 Å². The largest absolute Gasteiger partial charge is 0.381 e. The first-order chi connectivity index (χ1) is 8.84. The maximum absolute atomic E-state index is 11.6. The van der Waals surface area contributed by atoms with Crippen molar-refractivity contribution in [1.29, 1.82) is 0 Å². The van der Waals surface area contributed by atoms with Gasteiger partial charge in [-0.15, -0.1) is 0 Å². The Morgan fingerprint density at radius 2 is 2.11 bits per heavy atom. The lowest BCUT2D eigenvalue weighted by molar-refractivity contribution is -0.122. The summed E-state index contributed by atoms with van der Waals surface area (Å²) < 4.78 is 11.0. The summed E-state index contributed by atoms with van der Waals surface area (Å²) in [4.78, 5) is 11.6. The van der Waals surface area contributed by atoms with E-state index in [1.165, 1.54) is 25.7 Å². The molecule has 1 heterocycles. The number of amides is 1. The third-order valence-electron chi connectivity index (χ3n) is 3.80. The molecule has 0 radical (unpaired) electrons. The molecule has 2 rings (SSSR count). The summed E-state index contributed by atoms with van der Waals surface area (Å²) in [7, 11) is 0. The molecule has 1 amide bonds. The highest BCUT2D eigenvalue weighted by Gasteiger charge is 2.18. The van der Waals surface area contributed by atoms with E-state index in [9.17, 15) is 4.79 Å². The lowest BCUT2D eigenvalue weighted by Gasteiger charge is -2.11. The minimum atomic E-state index is 0.159. The van der Waals surface area contributed by atoms with Gasteiger partial charge in [0.2, 0.25) is 5.91 Å². The van der Waals surface area contributed by atoms with E-state index in [0.29, 0.717) is 18.4 Å². The molecule has 2 aliphatic rings. The summed E-state index contributed by atoms with van der Waals surface area (Å²) in [5.74, 6) is 0.589. The first kappa shape index (κ1) is 13.8. The number of carbonyl (C=O) groups excluding carboxylic acids is 1. The normalized spacial score (nSPS) is 24.6. The van der Waals surface area contributed by atoms with Gasteiger partial charge >= 0.3 is 0 Å². The van der Waals surface area contributed by atoms with Gasteiger partial charge < -0.3 is 14.8 Å². The highest BCUT2D eigenvalue weighted by molar-refractivity contribution is 5.76. The Kier molecular flexibility index (Phi) is 5.94. The van der Waals surface area contributed by atoms with Crippen molar-refractivity contribution in [1.82, 2.24) is 5.32 Å². The van der Waals surface area contributed by atoms with Crippen LogP contribution in [0.1, 0.15) is 44.9 Å². The topological polar surface area (TPSA) is 47.6 Å². The van der Waals surface area contributed by atoms with E-state index >= 15 is 0 Å². The molecule has 1 saturated heterocycles. The summed E-state index contributed by atoms with van der Waals surface area (Å²) in [5.41, 5.74) is 0. The Morgan fingerprint density at radius 3 is 2.83 bits per heavy atom.